The van der Waals surface area contributed by atoms with E-state index in [1.165, 1.54) is 0 Å². The molecule has 25 heavy (non-hydrogen) atoms. The van der Waals surface area contributed by atoms with E-state index in [0.717, 1.165) is 16.7 Å². The lowest BCUT2D eigenvalue weighted by atomic mass is 10.1. The summed E-state index contributed by atoms with van der Waals surface area (Å²) in [6.07, 6.45) is 1.96. The lowest BCUT2D eigenvalue weighted by molar-refractivity contribution is 0.374. The van der Waals surface area contributed by atoms with Crippen LogP contribution < -0.4 is 0 Å². The van der Waals surface area contributed by atoms with Gasteiger partial charge in [-0.15, -0.1) is 10.2 Å². The van der Waals surface area contributed by atoms with Crippen molar-refractivity contribution in [3.05, 3.63) is 65.5 Å². The highest BCUT2D eigenvalue weighted by atomic mass is 16.5. The molecule has 0 unspecified atom stereocenters. The second kappa shape index (κ2) is 6.27. The summed E-state index contributed by atoms with van der Waals surface area (Å²) in [4.78, 5) is 8.51. The molecule has 0 N–H and O–H groups in total. The Morgan fingerprint density at radius 2 is 1.80 bits per heavy atom. The molecule has 0 spiro atoms. The van der Waals surface area contributed by atoms with E-state index < -0.39 is 0 Å². The minimum Gasteiger partial charge on any atom is -0.420 e. The Bertz CT molecular complexity index is 987. The fourth-order valence-corrected chi connectivity index (χ4v) is 2.59. The molecule has 0 fully saturated rings. The Morgan fingerprint density at radius 3 is 2.56 bits per heavy atom. The zero-order chi connectivity index (χ0) is 17.2. The summed E-state index contributed by atoms with van der Waals surface area (Å²) in [5.74, 6) is 1.73. The molecule has 0 amide bonds. The molecule has 7 heteroatoms. The molecule has 1 aromatic carbocycles. The van der Waals surface area contributed by atoms with Crippen LogP contribution in [0.15, 0.2) is 51.5 Å². The summed E-state index contributed by atoms with van der Waals surface area (Å²) in [6, 6.07) is 11.6. The molecule has 7 nitrogen and oxygen atoms in total. The maximum atomic E-state index is 5.73. The molecule has 0 saturated carbocycles. The van der Waals surface area contributed by atoms with E-state index in [1.807, 2.05) is 44.2 Å². The standard InChI is InChI=1S/C18H15N5O2/c1-11-7-12(2)9-13(8-11)18-22-21-16(24-18)10-15-20-17(23-25-15)14-5-3-4-6-19-14/h3-9H,10H2,1-2H3. The van der Waals surface area contributed by atoms with E-state index in [4.69, 9.17) is 8.94 Å². The summed E-state index contributed by atoms with van der Waals surface area (Å²) in [6.45, 7) is 4.07. The van der Waals surface area contributed by atoms with Crippen LogP contribution in [0.5, 0.6) is 0 Å². The van der Waals surface area contributed by atoms with Crippen LogP contribution in [0.4, 0.5) is 0 Å². The van der Waals surface area contributed by atoms with Crippen LogP contribution in [0.25, 0.3) is 23.0 Å². The van der Waals surface area contributed by atoms with Crippen molar-refractivity contribution in [2.24, 2.45) is 0 Å². The van der Waals surface area contributed by atoms with Crippen LogP contribution in [-0.4, -0.2) is 25.3 Å². The number of hydrogen-bond acceptors (Lipinski definition) is 7. The minimum absolute atomic E-state index is 0.275. The molecule has 124 valence electrons. The predicted molar refractivity (Wildman–Crippen MR) is 89.5 cm³/mol. The Labute approximate surface area is 143 Å². The maximum absolute atomic E-state index is 5.73. The van der Waals surface area contributed by atoms with Gasteiger partial charge in [-0.3, -0.25) is 4.98 Å². The van der Waals surface area contributed by atoms with Crippen molar-refractivity contribution in [2.75, 3.05) is 0 Å². The quantitative estimate of drug-likeness (QED) is 0.565. The van der Waals surface area contributed by atoms with Gasteiger partial charge in [0.05, 0.1) is 0 Å². The zero-order valence-electron chi connectivity index (χ0n) is 13.8. The molecule has 0 aliphatic heterocycles. The largest absolute Gasteiger partial charge is 0.420 e. The summed E-state index contributed by atoms with van der Waals surface area (Å²) in [5.41, 5.74) is 3.84. The lowest BCUT2D eigenvalue weighted by Gasteiger charge is -1.99. The van der Waals surface area contributed by atoms with E-state index in [0.29, 0.717) is 29.2 Å². The van der Waals surface area contributed by atoms with E-state index in [1.54, 1.807) is 6.20 Å². The molecule has 3 aromatic heterocycles. The molecule has 0 radical (unpaired) electrons. The van der Waals surface area contributed by atoms with Crippen molar-refractivity contribution in [1.29, 1.82) is 0 Å². The van der Waals surface area contributed by atoms with Crippen LogP contribution in [0.3, 0.4) is 0 Å². The Morgan fingerprint density at radius 1 is 0.960 bits per heavy atom. The lowest BCUT2D eigenvalue weighted by Crippen LogP contribution is -1.89. The first kappa shape index (κ1) is 15.2. The highest BCUT2D eigenvalue weighted by Gasteiger charge is 2.15. The first-order chi connectivity index (χ1) is 12.2. The van der Waals surface area contributed by atoms with E-state index in [2.05, 4.69) is 31.4 Å². The number of aromatic nitrogens is 5. The average Bonchev–Trinajstić information content (AvgIpc) is 3.25. The number of nitrogens with zero attached hydrogens (tertiary/aromatic N) is 5. The second-order valence-corrected chi connectivity index (χ2v) is 5.78. The minimum atomic E-state index is 0.275. The Hall–Kier alpha value is -3.35. The van der Waals surface area contributed by atoms with Crippen molar-refractivity contribution < 1.29 is 8.94 Å². The molecule has 3 heterocycles. The molecule has 0 saturated heterocycles. The smallest absolute Gasteiger partial charge is 0.247 e. The molecule has 0 aliphatic rings. The number of aryl methyl sites for hydroxylation is 2. The third kappa shape index (κ3) is 3.30. The fraction of sp³-hybridized carbons (Fsp3) is 0.167. The first-order valence-electron chi connectivity index (χ1n) is 7.82. The van der Waals surface area contributed by atoms with Crippen molar-refractivity contribution in [1.82, 2.24) is 25.3 Å². The van der Waals surface area contributed by atoms with Crippen LogP contribution in [0, 0.1) is 13.8 Å². The number of benzene rings is 1. The molecule has 0 bridgehead atoms. The SMILES string of the molecule is Cc1cc(C)cc(-c2nnc(Cc3nc(-c4ccccn4)no3)o2)c1. The van der Waals surface area contributed by atoms with Crippen LogP contribution in [0.2, 0.25) is 0 Å². The third-order valence-electron chi connectivity index (χ3n) is 3.60. The van der Waals surface area contributed by atoms with Gasteiger partial charge in [0.25, 0.3) is 0 Å². The van der Waals surface area contributed by atoms with Gasteiger partial charge < -0.3 is 8.94 Å². The highest BCUT2D eigenvalue weighted by Crippen LogP contribution is 2.22. The number of rotatable bonds is 4. The van der Waals surface area contributed by atoms with Gasteiger partial charge in [-0.1, -0.05) is 28.4 Å². The van der Waals surface area contributed by atoms with Crippen molar-refractivity contribution in [2.45, 2.75) is 20.3 Å². The molecule has 0 aliphatic carbocycles. The Balaban J connectivity index is 1.55. The molecule has 0 atom stereocenters. The highest BCUT2D eigenvalue weighted by molar-refractivity contribution is 5.55. The van der Waals surface area contributed by atoms with Gasteiger partial charge >= 0.3 is 0 Å². The number of hydrogen-bond donors (Lipinski definition) is 0. The summed E-state index contributed by atoms with van der Waals surface area (Å²) >= 11 is 0. The van der Waals surface area contributed by atoms with E-state index >= 15 is 0 Å². The molecule has 4 rings (SSSR count). The second-order valence-electron chi connectivity index (χ2n) is 5.78. The van der Waals surface area contributed by atoms with Crippen molar-refractivity contribution in [3.8, 4) is 23.0 Å². The third-order valence-corrected chi connectivity index (χ3v) is 3.60. The zero-order valence-corrected chi connectivity index (χ0v) is 13.8. The van der Waals surface area contributed by atoms with Gasteiger partial charge in [-0.2, -0.15) is 4.98 Å². The average molecular weight is 333 g/mol. The summed E-state index contributed by atoms with van der Waals surface area (Å²) in [5, 5.41) is 12.1. The van der Waals surface area contributed by atoms with E-state index in [9.17, 15) is 0 Å². The van der Waals surface area contributed by atoms with Crippen molar-refractivity contribution in [3.63, 3.8) is 0 Å². The summed E-state index contributed by atoms with van der Waals surface area (Å²) < 4.78 is 11.0. The van der Waals surface area contributed by atoms with E-state index in [-0.39, 0.29) is 6.42 Å². The normalized spacial score (nSPS) is 11.0. The molecule has 4 aromatic rings. The molecular weight excluding hydrogens is 318 g/mol. The van der Waals surface area contributed by atoms with Gasteiger partial charge in [0, 0.05) is 11.8 Å². The predicted octanol–water partition coefficient (Wildman–Crippen LogP) is 3.39. The van der Waals surface area contributed by atoms with Gasteiger partial charge in [-0.25, -0.2) is 0 Å². The van der Waals surface area contributed by atoms with Crippen molar-refractivity contribution >= 4 is 0 Å². The topological polar surface area (TPSA) is 90.7 Å². The van der Waals surface area contributed by atoms with Gasteiger partial charge in [-0.05, 0) is 38.1 Å². The van der Waals surface area contributed by atoms with Crippen LogP contribution >= 0.6 is 0 Å². The van der Waals surface area contributed by atoms with Crippen LogP contribution in [0.1, 0.15) is 22.9 Å². The van der Waals surface area contributed by atoms with Gasteiger partial charge in [0.1, 0.15) is 12.1 Å². The first-order valence-corrected chi connectivity index (χ1v) is 7.82. The monoisotopic (exact) mass is 333 g/mol. The Kier molecular flexibility index (Phi) is 3.81. The molecular formula is C18H15N5O2. The van der Waals surface area contributed by atoms with Crippen LogP contribution in [-0.2, 0) is 6.42 Å². The number of pyridine rings is 1. The van der Waals surface area contributed by atoms with Gasteiger partial charge in [0.15, 0.2) is 0 Å². The fourth-order valence-electron chi connectivity index (χ4n) is 2.59. The maximum Gasteiger partial charge on any atom is 0.247 e. The summed E-state index contributed by atoms with van der Waals surface area (Å²) in [7, 11) is 0. The van der Waals surface area contributed by atoms with Gasteiger partial charge in [0.2, 0.25) is 23.5 Å².